The molecule has 0 spiro atoms. The molecule has 0 saturated heterocycles. The van der Waals surface area contributed by atoms with Gasteiger partial charge in [-0.15, -0.1) is 0 Å². The maximum atomic E-state index is 11.0. The first-order valence-corrected chi connectivity index (χ1v) is 3.53. The third kappa shape index (κ3) is 1.90. The first-order chi connectivity index (χ1) is 5.91. The van der Waals surface area contributed by atoms with E-state index in [0.29, 0.717) is 11.1 Å². The highest BCUT2D eigenvalue weighted by atomic mass is 16.1. The van der Waals surface area contributed by atoms with Gasteiger partial charge >= 0.3 is 0 Å². The topological polar surface area (TPSA) is 17.1 Å². The molecule has 0 atom stereocenters. The number of aryl methyl sites for hydroxylation is 1. The van der Waals surface area contributed by atoms with Crippen LogP contribution in [0.1, 0.15) is 32.5 Å². The maximum Gasteiger partial charge on any atom is 0.159 e. The molecule has 0 aromatic heterocycles. The molecule has 0 heterocycles. The van der Waals surface area contributed by atoms with Crippen LogP contribution in [0.25, 0.3) is 0 Å². The van der Waals surface area contributed by atoms with Crippen molar-refractivity contribution in [1.82, 2.24) is 0 Å². The summed E-state index contributed by atoms with van der Waals surface area (Å²) in [5.41, 5.74) is 1.10. The molecule has 0 radical (unpaired) electrons. The van der Waals surface area contributed by atoms with Gasteiger partial charge in [0.05, 0.1) is 0 Å². The molecule has 0 aliphatic carbocycles. The Bertz CT molecular complexity index is 326. The third-order valence-electron chi connectivity index (χ3n) is 1.56. The Balaban J connectivity index is 3.13. The lowest BCUT2D eigenvalue weighted by atomic mass is 10.1. The molecular formula is C10H12O. The van der Waals surface area contributed by atoms with E-state index in [-0.39, 0.29) is 5.78 Å². The average Bonchev–Trinajstić information content (AvgIpc) is 2.03. The molecule has 1 nitrogen and oxygen atoms in total. The molecule has 0 unspecified atom stereocenters. The highest BCUT2D eigenvalue weighted by Crippen LogP contribution is 2.05. The largest absolute Gasteiger partial charge is 0.295 e. The lowest BCUT2D eigenvalue weighted by molar-refractivity contribution is 0.101. The molecular weight excluding hydrogens is 136 g/mol. The van der Waals surface area contributed by atoms with Crippen LogP contribution in [0, 0.1) is 0 Å². The summed E-state index contributed by atoms with van der Waals surface area (Å²) < 4.78 is 14.9. The minimum absolute atomic E-state index is 0.0360. The van der Waals surface area contributed by atoms with Crippen LogP contribution in [0.3, 0.4) is 0 Å². The number of carbonyl (C=O) groups is 1. The minimum Gasteiger partial charge on any atom is -0.295 e. The van der Waals surface area contributed by atoms with Crippen LogP contribution in [-0.2, 0) is 6.37 Å². The predicted molar refractivity (Wildman–Crippen MR) is 45.8 cm³/mol. The summed E-state index contributed by atoms with van der Waals surface area (Å²) in [6.07, 6.45) is -1.38. The standard InChI is InChI=1S/C10H12O/c1-3-9-5-4-6-10(7-9)8(2)11/h4-7H,3H2,1-2H3/i3D2. The zero-order valence-corrected chi connectivity index (χ0v) is 6.72. The Labute approximate surface area is 69.9 Å². The molecule has 0 saturated carbocycles. The summed E-state index contributed by atoms with van der Waals surface area (Å²) in [6.45, 7) is 2.95. The van der Waals surface area contributed by atoms with Crippen molar-refractivity contribution in [3.05, 3.63) is 35.4 Å². The number of Topliss-reactive ketones (excluding diaryl/α,β-unsaturated/α-hetero) is 1. The second-order valence-electron chi connectivity index (χ2n) is 2.39. The molecule has 0 N–H and O–H groups in total. The van der Waals surface area contributed by atoms with Gasteiger partial charge in [0, 0.05) is 8.30 Å². The Hall–Kier alpha value is -1.11. The lowest BCUT2D eigenvalue weighted by Gasteiger charge is -1.98. The Morgan fingerprint density at radius 3 is 2.91 bits per heavy atom. The van der Waals surface area contributed by atoms with Crippen molar-refractivity contribution in [3.8, 4) is 0 Å². The molecule has 11 heavy (non-hydrogen) atoms. The van der Waals surface area contributed by atoms with Gasteiger partial charge in [-0.25, -0.2) is 0 Å². The summed E-state index contributed by atoms with van der Waals surface area (Å²) in [4.78, 5) is 11.0. The van der Waals surface area contributed by atoms with Crippen molar-refractivity contribution in [2.24, 2.45) is 0 Å². The third-order valence-corrected chi connectivity index (χ3v) is 1.56. The van der Waals surface area contributed by atoms with Crippen molar-refractivity contribution < 1.29 is 7.54 Å². The van der Waals surface area contributed by atoms with E-state index in [9.17, 15) is 4.79 Å². The number of rotatable bonds is 2. The molecule has 0 fully saturated rings. The molecule has 0 bridgehead atoms. The van der Waals surface area contributed by atoms with Gasteiger partial charge in [0.15, 0.2) is 5.78 Å². The van der Waals surface area contributed by atoms with E-state index < -0.39 is 6.37 Å². The quantitative estimate of drug-likeness (QED) is 0.592. The summed E-state index contributed by atoms with van der Waals surface area (Å²) in [5, 5.41) is 0. The SMILES string of the molecule is [2H]C([2H])(C)c1cccc(C(C)=O)c1. The van der Waals surface area contributed by atoms with E-state index in [1.165, 1.54) is 13.8 Å². The highest BCUT2D eigenvalue weighted by molar-refractivity contribution is 5.94. The number of benzene rings is 1. The summed E-state index contributed by atoms with van der Waals surface area (Å²) in [5.74, 6) is -0.0360. The van der Waals surface area contributed by atoms with Crippen LogP contribution >= 0.6 is 0 Å². The number of hydrogen-bond donors (Lipinski definition) is 0. The normalized spacial score (nSPS) is 13.6. The zero-order chi connectivity index (χ0) is 10.1. The maximum absolute atomic E-state index is 11.0. The van der Waals surface area contributed by atoms with Crippen LogP contribution in [0.5, 0.6) is 0 Å². The summed E-state index contributed by atoms with van der Waals surface area (Å²) in [6, 6.07) is 6.68. The smallest absolute Gasteiger partial charge is 0.159 e. The van der Waals surface area contributed by atoms with Gasteiger partial charge in [-0.3, -0.25) is 4.79 Å². The van der Waals surface area contributed by atoms with E-state index in [2.05, 4.69) is 0 Å². The van der Waals surface area contributed by atoms with E-state index in [1.807, 2.05) is 0 Å². The number of carbonyl (C=O) groups excluding carboxylic acids is 1. The summed E-state index contributed by atoms with van der Waals surface area (Å²) >= 11 is 0. The Morgan fingerprint density at radius 2 is 2.36 bits per heavy atom. The molecule has 1 aromatic rings. The molecule has 0 amide bonds. The molecule has 0 aliphatic heterocycles. The van der Waals surface area contributed by atoms with Gasteiger partial charge in [0.25, 0.3) is 0 Å². The van der Waals surface area contributed by atoms with Gasteiger partial charge < -0.3 is 0 Å². The van der Waals surface area contributed by atoms with Crippen molar-refractivity contribution in [2.75, 3.05) is 0 Å². The fourth-order valence-electron chi connectivity index (χ4n) is 0.894. The first-order valence-electron chi connectivity index (χ1n) is 4.53. The Morgan fingerprint density at radius 1 is 1.64 bits per heavy atom. The van der Waals surface area contributed by atoms with Crippen LogP contribution in [0.4, 0.5) is 0 Å². The molecule has 1 aromatic carbocycles. The van der Waals surface area contributed by atoms with Crippen LogP contribution in [0.2, 0.25) is 0 Å². The van der Waals surface area contributed by atoms with Gasteiger partial charge in [-0.05, 0) is 24.9 Å². The Kier molecular flexibility index (Phi) is 1.67. The minimum atomic E-state index is -1.38. The van der Waals surface area contributed by atoms with Gasteiger partial charge in [0.1, 0.15) is 0 Å². The van der Waals surface area contributed by atoms with E-state index in [4.69, 9.17) is 2.74 Å². The van der Waals surface area contributed by atoms with Crippen LogP contribution < -0.4 is 0 Å². The number of ketones is 1. The molecule has 58 valence electrons. The van der Waals surface area contributed by atoms with Crippen LogP contribution in [-0.4, -0.2) is 5.78 Å². The monoisotopic (exact) mass is 150 g/mol. The molecule has 1 heteroatoms. The van der Waals surface area contributed by atoms with E-state index in [0.717, 1.165) is 0 Å². The van der Waals surface area contributed by atoms with Gasteiger partial charge in [0.2, 0.25) is 0 Å². The second-order valence-corrected chi connectivity index (χ2v) is 2.39. The first kappa shape index (κ1) is 5.53. The molecule has 1 rings (SSSR count). The molecule has 0 aliphatic rings. The zero-order valence-electron chi connectivity index (χ0n) is 8.72. The van der Waals surface area contributed by atoms with Crippen molar-refractivity contribution in [2.45, 2.75) is 20.2 Å². The number of hydrogen-bond acceptors (Lipinski definition) is 1. The second kappa shape index (κ2) is 3.33. The van der Waals surface area contributed by atoms with Crippen molar-refractivity contribution >= 4 is 5.78 Å². The summed E-state index contributed by atoms with van der Waals surface area (Å²) in [7, 11) is 0. The van der Waals surface area contributed by atoms with Gasteiger partial charge in [-0.2, -0.15) is 0 Å². The lowest BCUT2D eigenvalue weighted by Crippen LogP contribution is -1.92. The van der Waals surface area contributed by atoms with E-state index >= 15 is 0 Å². The van der Waals surface area contributed by atoms with E-state index in [1.54, 1.807) is 24.3 Å². The van der Waals surface area contributed by atoms with Crippen LogP contribution in [0.15, 0.2) is 24.3 Å². The fourth-order valence-corrected chi connectivity index (χ4v) is 0.894. The predicted octanol–water partition coefficient (Wildman–Crippen LogP) is 2.45. The highest BCUT2D eigenvalue weighted by Gasteiger charge is 1.97. The fraction of sp³-hybridized carbons (Fsp3) is 0.300. The van der Waals surface area contributed by atoms with Crippen molar-refractivity contribution in [1.29, 1.82) is 0 Å². The van der Waals surface area contributed by atoms with Crippen molar-refractivity contribution in [3.63, 3.8) is 0 Å². The average molecular weight is 150 g/mol. The van der Waals surface area contributed by atoms with Gasteiger partial charge in [-0.1, -0.05) is 25.1 Å².